The van der Waals surface area contributed by atoms with Crippen molar-refractivity contribution in [3.8, 4) is 0 Å². The Morgan fingerprint density at radius 1 is 1.57 bits per heavy atom. The summed E-state index contributed by atoms with van der Waals surface area (Å²) in [7, 11) is 0. The van der Waals surface area contributed by atoms with Gasteiger partial charge in [-0.05, 0) is 30.9 Å². The molecule has 7 heteroatoms. The second-order valence-electron chi connectivity index (χ2n) is 5.65. The van der Waals surface area contributed by atoms with Crippen molar-refractivity contribution < 1.29 is 14.1 Å². The molecule has 0 spiro atoms. The van der Waals surface area contributed by atoms with Gasteiger partial charge in [0, 0.05) is 17.7 Å². The molecule has 2 N–H and O–H groups in total. The number of nitrogens with one attached hydrogen (secondary N) is 2. The average molecular weight is 335 g/mol. The highest BCUT2D eigenvalue weighted by Crippen LogP contribution is 2.33. The van der Waals surface area contributed by atoms with Crippen LogP contribution in [0.25, 0.3) is 0 Å². The predicted octanol–water partition coefficient (Wildman–Crippen LogP) is 3.43. The molecule has 1 aliphatic heterocycles. The van der Waals surface area contributed by atoms with E-state index in [1.165, 1.54) is 10.4 Å². The molecule has 6 nitrogen and oxygen atoms in total. The van der Waals surface area contributed by atoms with Crippen molar-refractivity contribution >= 4 is 23.1 Å². The summed E-state index contributed by atoms with van der Waals surface area (Å²) in [6, 6.07) is 1.68. The number of anilines is 1. The molecule has 0 bridgehead atoms. The van der Waals surface area contributed by atoms with Crippen LogP contribution >= 0.6 is 11.3 Å². The van der Waals surface area contributed by atoms with Crippen LogP contribution in [0.5, 0.6) is 0 Å². The fraction of sp³-hybridized carbons (Fsp3) is 0.500. The van der Waals surface area contributed by atoms with Gasteiger partial charge in [-0.1, -0.05) is 12.1 Å². The molecule has 2 aromatic rings. The Bertz CT molecular complexity index is 695. The highest BCUT2D eigenvalue weighted by atomic mass is 32.1. The van der Waals surface area contributed by atoms with Crippen LogP contribution in [0, 0.1) is 6.92 Å². The van der Waals surface area contributed by atoms with Crippen molar-refractivity contribution in [1.82, 2.24) is 10.5 Å². The highest BCUT2D eigenvalue weighted by Gasteiger charge is 2.28. The van der Waals surface area contributed by atoms with E-state index in [0.717, 1.165) is 6.42 Å². The van der Waals surface area contributed by atoms with Crippen LogP contribution in [0.15, 0.2) is 16.0 Å². The van der Waals surface area contributed by atoms with Gasteiger partial charge in [-0.2, -0.15) is 0 Å². The zero-order valence-electron chi connectivity index (χ0n) is 13.5. The second-order valence-corrected chi connectivity index (χ2v) is 6.65. The number of carbonyl (C=O) groups is 1. The van der Waals surface area contributed by atoms with Gasteiger partial charge in [0.15, 0.2) is 5.76 Å². The number of hydrogen-bond donors (Lipinski definition) is 2. The first-order valence-corrected chi connectivity index (χ1v) is 8.68. The Balaban J connectivity index is 1.66. The molecule has 0 unspecified atom stereocenters. The van der Waals surface area contributed by atoms with Crippen molar-refractivity contribution in [3.05, 3.63) is 33.3 Å². The zero-order chi connectivity index (χ0) is 16.4. The molecule has 0 fully saturated rings. The zero-order valence-corrected chi connectivity index (χ0v) is 14.3. The van der Waals surface area contributed by atoms with E-state index in [-0.39, 0.29) is 18.2 Å². The summed E-state index contributed by atoms with van der Waals surface area (Å²) in [6.07, 6.45) is 1.52. The van der Waals surface area contributed by atoms with Gasteiger partial charge in [-0.3, -0.25) is 0 Å². The van der Waals surface area contributed by atoms with Crippen LogP contribution in [0.3, 0.4) is 0 Å². The number of nitrogens with zero attached hydrogens (tertiary/aromatic N) is 1. The molecule has 23 heavy (non-hydrogen) atoms. The molecular weight excluding hydrogens is 314 g/mol. The van der Waals surface area contributed by atoms with E-state index in [2.05, 4.69) is 27.2 Å². The molecule has 3 rings (SSSR count). The number of rotatable bonds is 4. The minimum Gasteiger partial charge on any atom is -0.371 e. The van der Waals surface area contributed by atoms with Gasteiger partial charge in [0.1, 0.15) is 17.5 Å². The molecule has 1 aliphatic rings. The fourth-order valence-electron chi connectivity index (χ4n) is 2.84. The van der Waals surface area contributed by atoms with E-state index in [9.17, 15) is 4.79 Å². The van der Waals surface area contributed by atoms with E-state index in [0.29, 0.717) is 30.2 Å². The minimum absolute atomic E-state index is 0.107. The molecule has 2 amide bonds. The molecular formula is C16H21N3O3S. The van der Waals surface area contributed by atoms with E-state index in [1.807, 2.05) is 20.8 Å². The summed E-state index contributed by atoms with van der Waals surface area (Å²) in [5, 5.41) is 11.8. The van der Waals surface area contributed by atoms with E-state index in [4.69, 9.17) is 9.26 Å². The Kier molecular flexibility index (Phi) is 4.68. The number of aromatic nitrogens is 1. The van der Waals surface area contributed by atoms with Gasteiger partial charge in [0.2, 0.25) is 0 Å². The van der Waals surface area contributed by atoms with E-state index in [1.54, 1.807) is 11.3 Å². The Morgan fingerprint density at radius 2 is 2.39 bits per heavy atom. The molecule has 0 aromatic carbocycles. The predicted molar refractivity (Wildman–Crippen MR) is 89.0 cm³/mol. The third-order valence-corrected chi connectivity index (χ3v) is 5.02. The number of thiophene rings is 1. The Morgan fingerprint density at radius 3 is 3.17 bits per heavy atom. The lowest BCUT2D eigenvalue weighted by molar-refractivity contribution is 0.0238. The molecule has 2 atom stereocenters. The topological polar surface area (TPSA) is 76.4 Å². The maximum atomic E-state index is 12.3. The number of aryl methyl sites for hydroxylation is 2. The standard InChI is InChI=1S/C16H21N3O3S/c1-4-12-14(9(2)19-22-12)18-16(20)17-10(3)15-11-6-8-23-13(11)5-7-21-15/h6,8,10,15H,4-5,7H2,1-3H3,(H2,17,18,20)/t10-,15+/m0/s1. The maximum absolute atomic E-state index is 12.3. The lowest BCUT2D eigenvalue weighted by Gasteiger charge is -2.29. The van der Waals surface area contributed by atoms with Crippen LogP contribution < -0.4 is 10.6 Å². The summed E-state index contributed by atoms with van der Waals surface area (Å²) in [5.41, 5.74) is 2.51. The summed E-state index contributed by atoms with van der Waals surface area (Å²) in [4.78, 5) is 13.6. The molecule has 0 radical (unpaired) electrons. The first kappa shape index (κ1) is 16.0. The molecule has 0 aliphatic carbocycles. The molecule has 2 aromatic heterocycles. The fourth-order valence-corrected chi connectivity index (χ4v) is 3.74. The van der Waals surface area contributed by atoms with E-state index < -0.39 is 0 Å². The van der Waals surface area contributed by atoms with Crippen molar-refractivity contribution in [2.75, 3.05) is 11.9 Å². The Labute approximate surface area is 139 Å². The lowest BCUT2D eigenvalue weighted by Crippen LogP contribution is -2.41. The Hall–Kier alpha value is -1.86. The van der Waals surface area contributed by atoms with Gasteiger partial charge >= 0.3 is 6.03 Å². The summed E-state index contributed by atoms with van der Waals surface area (Å²) < 4.78 is 11.0. The maximum Gasteiger partial charge on any atom is 0.319 e. The summed E-state index contributed by atoms with van der Waals surface area (Å²) in [6.45, 7) is 6.41. The molecule has 3 heterocycles. The molecule has 0 saturated carbocycles. The number of fused-ring (bicyclic) bond motifs is 1. The lowest BCUT2D eigenvalue weighted by atomic mass is 10.0. The van der Waals surface area contributed by atoms with Gasteiger partial charge < -0.3 is 19.9 Å². The SMILES string of the molecule is CCc1onc(C)c1NC(=O)N[C@@H](C)[C@H]1OCCc2sccc21. The van der Waals surface area contributed by atoms with Crippen molar-refractivity contribution in [2.24, 2.45) is 0 Å². The molecule has 0 saturated heterocycles. The first-order chi connectivity index (χ1) is 11.1. The normalized spacial score (nSPS) is 18.3. The van der Waals surface area contributed by atoms with Gasteiger partial charge in [-0.15, -0.1) is 11.3 Å². The van der Waals surface area contributed by atoms with Crippen molar-refractivity contribution in [3.63, 3.8) is 0 Å². The van der Waals surface area contributed by atoms with Gasteiger partial charge in [0.05, 0.1) is 12.6 Å². The number of urea groups is 1. The number of amides is 2. The van der Waals surface area contributed by atoms with Gasteiger partial charge in [0.25, 0.3) is 0 Å². The van der Waals surface area contributed by atoms with Crippen LogP contribution in [-0.4, -0.2) is 23.8 Å². The largest absolute Gasteiger partial charge is 0.371 e. The van der Waals surface area contributed by atoms with Crippen molar-refractivity contribution in [2.45, 2.75) is 45.8 Å². The van der Waals surface area contributed by atoms with Crippen LogP contribution in [-0.2, 0) is 17.6 Å². The average Bonchev–Trinajstić information content (AvgIpc) is 3.14. The van der Waals surface area contributed by atoms with E-state index >= 15 is 0 Å². The van der Waals surface area contributed by atoms with Crippen LogP contribution in [0.2, 0.25) is 0 Å². The third-order valence-electron chi connectivity index (χ3n) is 4.02. The smallest absolute Gasteiger partial charge is 0.319 e. The highest BCUT2D eigenvalue weighted by molar-refractivity contribution is 7.10. The van der Waals surface area contributed by atoms with Gasteiger partial charge in [-0.25, -0.2) is 4.79 Å². The minimum atomic E-state index is -0.274. The van der Waals surface area contributed by atoms with Crippen molar-refractivity contribution in [1.29, 1.82) is 0 Å². The number of carbonyl (C=O) groups excluding carboxylic acids is 1. The quantitative estimate of drug-likeness (QED) is 0.897. The van der Waals surface area contributed by atoms with Crippen LogP contribution in [0.1, 0.15) is 41.8 Å². The second kappa shape index (κ2) is 6.72. The molecule has 124 valence electrons. The first-order valence-electron chi connectivity index (χ1n) is 7.80. The van der Waals surface area contributed by atoms with Crippen LogP contribution in [0.4, 0.5) is 10.5 Å². The summed E-state index contributed by atoms with van der Waals surface area (Å²) in [5.74, 6) is 0.680. The summed E-state index contributed by atoms with van der Waals surface area (Å²) >= 11 is 1.75. The third kappa shape index (κ3) is 3.25. The number of hydrogen-bond acceptors (Lipinski definition) is 5. The number of ether oxygens (including phenoxy) is 1. The monoisotopic (exact) mass is 335 g/mol.